The van der Waals surface area contributed by atoms with Crippen LogP contribution in [0.2, 0.25) is 0 Å². The molecule has 6 nitrogen and oxygen atoms in total. The first kappa shape index (κ1) is 16.4. The van der Waals surface area contributed by atoms with Crippen LogP contribution in [0.15, 0.2) is 24.3 Å². The average Bonchev–Trinajstić information content (AvgIpc) is 2.59. The minimum absolute atomic E-state index is 0.573. The van der Waals surface area contributed by atoms with Crippen LogP contribution < -0.4 is 19.7 Å². The maximum absolute atomic E-state index is 5.62. The predicted molar refractivity (Wildman–Crippen MR) is 95.7 cm³/mol. The smallest absolute Gasteiger partial charge is 0.229 e. The molecule has 0 spiro atoms. The Morgan fingerprint density at radius 3 is 2.71 bits per heavy atom. The number of aryl methyl sites for hydroxylation is 1. The molecule has 0 saturated heterocycles. The van der Waals surface area contributed by atoms with Gasteiger partial charge in [-0.25, -0.2) is 4.98 Å². The van der Waals surface area contributed by atoms with Crippen LogP contribution in [0.25, 0.3) is 0 Å². The molecule has 1 aliphatic heterocycles. The molecule has 2 heterocycles. The average molecular weight is 328 g/mol. The molecule has 3 rings (SSSR count). The second-order valence-electron chi connectivity index (χ2n) is 5.95. The normalized spacial score (nSPS) is 12.8. The number of nitrogens with one attached hydrogen (secondary N) is 1. The van der Waals surface area contributed by atoms with Crippen molar-refractivity contribution >= 4 is 17.5 Å². The number of rotatable bonds is 6. The Labute approximate surface area is 142 Å². The van der Waals surface area contributed by atoms with Crippen molar-refractivity contribution in [3.63, 3.8) is 0 Å². The highest BCUT2D eigenvalue weighted by Crippen LogP contribution is 2.33. The van der Waals surface area contributed by atoms with E-state index in [1.807, 2.05) is 31.2 Å². The summed E-state index contributed by atoms with van der Waals surface area (Å²) >= 11 is 0. The number of fused-ring (bicyclic) bond motifs is 1. The Bertz CT molecular complexity index is 705. The number of anilines is 3. The van der Waals surface area contributed by atoms with Crippen molar-refractivity contribution in [2.45, 2.75) is 26.7 Å². The summed E-state index contributed by atoms with van der Waals surface area (Å²) in [7, 11) is 2.06. The van der Waals surface area contributed by atoms with Crippen LogP contribution in [-0.4, -0.2) is 36.8 Å². The van der Waals surface area contributed by atoms with Gasteiger partial charge in [-0.05, 0) is 25.5 Å². The molecule has 24 heavy (non-hydrogen) atoms. The standard InChI is InChI=1S/C18H24N4O2/c1-4-5-8-22(3)17-11-13(2)19-18(21-17)20-14-6-7-15-16(12-14)24-10-9-23-15/h6-7,11-12H,4-5,8-10H2,1-3H3,(H,19,20,21). The van der Waals surface area contributed by atoms with Gasteiger partial charge in [0.1, 0.15) is 19.0 Å². The molecular weight excluding hydrogens is 304 g/mol. The zero-order valence-corrected chi connectivity index (χ0v) is 14.5. The largest absolute Gasteiger partial charge is 0.486 e. The minimum atomic E-state index is 0.573. The van der Waals surface area contributed by atoms with E-state index in [1.54, 1.807) is 0 Å². The Balaban J connectivity index is 1.78. The number of nitrogens with zero attached hydrogens (tertiary/aromatic N) is 3. The molecule has 0 bridgehead atoms. The summed E-state index contributed by atoms with van der Waals surface area (Å²) in [6, 6.07) is 7.77. The minimum Gasteiger partial charge on any atom is -0.486 e. The number of unbranched alkanes of at least 4 members (excludes halogenated alkanes) is 1. The summed E-state index contributed by atoms with van der Waals surface area (Å²) in [5, 5.41) is 3.26. The summed E-state index contributed by atoms with van der Waals surface area (Å²) < 4.78 is 11.2. The fourth-order valence-electron chi connectivity index (χ4n) is 2.56. The molecule has 0 amide bonds. The fourth-order valence-corrected chi connectivity index (χ4v) is 2.56. The molecule has 2 aromatic rings. The molecule has 1 aliphatic rings. The summed E-state index contributed by atoms with van der Waals surface area (Å²) in [4.78, 5) is 11.3. The lowest BCUT2D eigenvalue weighted by Gasteiger charge is -2.20. The van der Waals surface area contributed by atoms with Crippen LogP contribution in [0.1, 0.15) is 25.5 Å². The highest BCUT2D eigenvalue weighted by molar-refractivity contribution is 5.61. The molecule has 0 fully saturated rings. The molecule has 0 saturated carbocycles. The van der Waals surface area contributed by atoms with Crippen molar-refractivity contribution in [2.24, 2.45) is 0 Å². The first-order chi connectivity index (χ1) is 11.7. The first-order valence-electron chi connectivity index (χ1n) is 8.39. The lowest BCUT2D eigenvalue weighted by molar-refractivity contribution is 0.171. The summed E-state index contributed by atoms with van der Waals surface area (Å²) in [6.45, 7) is 6.32. The number of hydrogen-bond acceptors (Lipinski definition) is 6. The molecule has 0 radical (unpaired) electrons. The molecule has 1 aromatic heterocycles. The number of ether oxygens (including phenoxy) is 2. The molecule has 0 aliphatic carbocycles. The van der Waals surface area contributed by atoms with Crippen LogP contribution in [0, 0.1) is 6.92 Å². The van der Waals surface area contributed by atoms with Crippen LogP contribution in [-0.2, 0) is 0 Å². The second kappa shape index (κ2) is 7.38. The van der Waals surface area contributed by atoms with Crippen LogP contribution in [0.4, 0.5) is 17.5 Å². The van der Waals surface area contributed by atoms with Gasteiger partial charge in [0.05, 0.1) is 0 Å². The topological polar surface area (TPSA) is 59.5 Å². The van der Waals surface area contributed by atoms with E-state index >= 15 is 0 Å². The van der Waals surface area contributed by atoms with Gasteiger partial charge in [-0.2, -0.15) is 4.98 Å². The van der Waals surface area contributed by atoms with Crippen LogP contribution in [0.5, 0.6) is 11.5 Å². The van der Waals surface area contributed by atoms with Gasteiger partial charge < -0.3 is 19.7 Å². The number of hydrogen-bond donors (Lipinski definition) is 1. The zero-order valence-electron chi connectivity index (χ0n) is 14.5. The molecule has 1 aromatic carbocycles. The Morgan fingerprint density at radius 1 is 1.12 bits per heavy atom. The monoisotopic (exact) mass is 328 g/mol. The summed E-state index contributed by atoms with van der Waals surface area (Å²) in [5.74, 6) is 3.04. The molecule has 6 heteroatoms. The first-order valence-corrected chi connectivity index (χ1v) is 8.39. The third-order valence-corrected chi connectivity index (χ3v) is 3.88. The Morgan fingerprint density at radius 2 is 1.92 bits per heavy atom. The van der Waals surface area contributed by atoms with Gasteiger partial charge in [0, 0.05) is 37.1 Å². The van der Waals surface area contributed by atoms with Crippen molar-refractivity contribution < 1.29 is 9.47 Å². The van der Waals surface area contributed by atoms with E-state index < -0.39 is 0 Å². The molecule has 128 valence electrons. The van der Waals surface area contributed by atoms with Gasteiger partial charge in [0.25, 0.3) is 0 Å². The van der Waals surface area contributed by atoms with Crippen molar-refractivity contribution in [1.29, 1.82) is 0 Å². The number of benzene rings is 1. The highest BCUT2D eigenvalue weighted by atomic mass is 16.6. The fraction of sp³-hybridized carbons (Fsp3) is 0.444. The van der Waals surface area contributed by atoms with Crippen molar-refractivity contribution in [3.8, 4) is 11.5 Å². The van der Waals surface area contributed by atoms with E-state index in [9.17, 15) is 0 Å². The van der Waals surface area contributed by atoms with Gasteiger partial charge in [-0.3, -0.25) is 0 Å². The van der Waals surface area contributed by atoms with Gasteiger partial charge in [-0.1, -0.05) is 13.3 Å². The van der Waals surface area contributed by atoms with E-state index in [4.69, 9.17) is 9.47 Å². The zero-order chi connectivity index (χ0) is 16.9. The van der Waals surface area contributed by atoms with Crippen molar-refractivity contribution in [3.05, 3.63) is 30.0 Å². The van der Waals surface area contributed by atoms with Crippen LogP contribution in [0.3, 0.4) is 0 Å². The van der Waals surface area contributed by atoms with Crippen molar-refractivity contribution in [1.82, 2.24) is 9.97 Å². The van der Waals surface area contributed by atoms with E-state index in [1.165, 1.54) is 0 Å². The van der Waals surface area contributed by atoms with Gasteiger partial charge >= 0.3 is 0 Å². The number of aromatic nitrogens is 2. The molecule has 0 atom stereocenters. The summed E-state index contributed by atoms with van der Waals surface area (Å²) in [6.07, 6.45) is 2.31. The highest BCUT2D eigenvalue weighted by Gasteiger charge is 2.13. The Kier molecular flexibility index (Phi) is 5.03. The third kappa shape index (κ3) is 3.88. The maximum atomic E-state index is 5.62. The third-order valence-electron chi connectivity index (χ3n) is 3.88. The van der Waals surface area contributed by atoms with E-state index in [0.717, 1.165) is 48.1 Å². The SMILES string of the molecule is CCCCN(C)c1cc(C)nc(Nc2ccc3c(c2)OCCO3)n1. The van der Waals surface area contributed by atoms with Gasteiger partial charge in [0.2, 0.25) is 5.95 Å². The lowest BCUT2D eigenvalue weighted by Crippen LogP contribution is -2.20. The van der Waals surface area contributed by atoms with Gasteiger partial charge in [0.15, 0.2) is 11.5 Å². The Hall–Kier alpha value is -2.50. The second-order valence-corrected chi connectivity index (χ2v) is 5.95. The molecule has 0 unspecified atom stereocenters. The summed E-state index contributed by atoms with van der Waals surface area (Å²) in [5.41, 5.74) is 1.82. The molecular formula is C18H24N4O2. The molecule has 1 N–H and O–H groups in total. The predicted octanol–water partition coefficient (Wildman–Crippen LogP) is 3.54. The maximum Gasteiger partial charge on any atom is 0.229 e. The van der Waals surface area contributed by atoms with Gasteiger partial charge in [-0.15, -0.1) is 0 Å². The lowest BCUT2D eigenvalue weighted by atomic mass is 10.2. The van der Waals surface area contributed by atoms with E-state index in [0.29, 0.717) is 19.2 Å². The van der Waals surface area contributed by atoms with Crippen molar-refractivity contribution in [2.75, 3.05) is 37.0 Å². The van der Waals surface area contributed by atoms with E-state index in [-0.39, 0.29) is 0 Å². The quantitative estimate of drug-likeness (QED) is 0.875. The van der Waals surface area contributed by atoms with E-state index in [2.05, 4.69) is 34.2 Å². The van der Waals surface area contributed by atoms with Crippen LogP contribution >= 0.6 is 0 Å².